The molecule has 1 aliphatic heterocycles. The van der Waals surface area contributed by atoms with E-state index >= 15 is 0 Å². The van der Waals surface area contributed by atoms with E-state index < -0.39 is 16.3 Å². The lowest BCUT2D eigenvalue weighted by molar-refractivity contribution is 0.478. The summed E-state index contributed by atoms with van der Waals surface area (Å²) in [5.74, 6) is -0.378. The lowest BCUT2D eigenvalue weighted by Gasteiger charge is -2.34. The molecule has 0 aliphatic carbocycles. The molecule has 0 fully saturated rings. The van der Waals surface area contributed by atoms with Crippen molar-refractivity contribution in [2.75, 3.05) is 10.7 Å². The summed E-state index contributed by atoms with van der Waals surface area (Å²) in [4.78, 5) is 14.8. The molecule has 5 N–H and O–H groups in total. The third kappa shape index (κ3) is 3.33. The number of amidine groups is 1. The number of para-hydroxylation sites is 2. The number of hydrogen-bond acceptors (Lipinski definition) is 8. The van der Waals surface area contributed by atoms with E-state index in [0.717, 1.165) is 10.4 Å². The fourth-order valence-electron chi connectivity index (χ4n) is 3.68. The number of benzene rings is 2. The van der Waals surface area contributed by atoms with Crippen molar-refractivity contribution in [2.45, 2.75) is 18.4 Å². The number of nitrogens with zero attached hydrogens (tertiary/aromatic N) is 2. The summed E-state index contributed by atoms with van der Waals surface area (Å²) in [5.41, 5.74) is 4.47. The number of aryl methyl sites for hydroxylation is 1. The number of pyridine rings is 1. The maximum Gasteiger partial charge on any atom is 0.284 e. The van der Waals surface area contributed by atoms with Crippen LogP contribution in [0, 0.1) is 6.92 Å². The molecule has 164 valence electrons. The molecule has 32 heavy (non-hydrogen) atoms. The Morgan fingerprint density at radius 1 is 1.12 bits per heavy atom. The van der Waals surface area contributed by atoms with Crippen molar-refractivity contribution in [3.05, 3.63) is 86.3 Å². The zero-order chi connectivity index (χ0) is 22.5. The van der Waals surface area contributed by atoms with Crippen molar-refractivity contribution in [3.8, 4) is 5.75 Å². The Morgan fingerprint density at radius 3 is 2.66 bits per heavy atom. The molecule has 0 saturated heterocycles. The van der Waals surface area contributed by atoms with Gasteiger partial charge in [-0.25, -0.2) is 4.68 Å². The first-order chi connectivity index (χ1) is 15.4. The average molecular weight is 469 g/mol. The topological polar surface area (TPSA) is 119 Å². The van der Waals surface area contributed by atoms with Gasteiger partial charge in [-0.3, -0.25) is 13.9 Å². The molecule has 1 aliphatic rings. The minimum absolute atomic E-state index is 0.0974. The van der Waals surface area contributed by atoms with Gasteiger partial charge in [-0.1, -0.05) is 35.0 Å². The van der Waals surface area contributed by atoms with Crippen LogP contribution in [0.2, 0.25) is 0 Å². The normalized spacial score (nSPS) is 15.5. The number of rotatable bonds is 4. The van der Waals surface area contributed by atoms with Gasteiger partial charge >= 0.3 is 0 Å². The Hall–Kier alpha value is -3.31. The van der Waals surface area contributed by atoms with Crippen LogP contribution in [0.3, 0.4) is 0 Å². The van der Waals surface area contributed by atoms with Crippen molar-refractivity contribution in [3.63, 3.8) is 0 Å². The molecule has 5 rings (SSSR count). The smallest absolute Gasteiger partial charge is 0.284 e. The number of anilines is 1. The van der Waals surface area contributed by atoms with Crippen molar-refractivity contribution < 1.29 is 14.2 Å². The van der Waals surface area contributed by atoms with Gasteiger partial charge in [-0.05, 0) is 48.2 Å². The summed E-state index contributed by atoms with van der Waals surface area (Å²) < 4.78 is 26.6. The lowest BCUT2D eigenvalue weighted by atomic mass is 10.1. The molecular weight excluding hydrogens is 448 g/mol. The predicted molar refractivity (Wildman–Crippen MR) is 130 cm³/mol. The second-order valence-corrected chi connectivity index (χ2v) is 9.98. The summed E-state index contributed by atoms with van der Waals surface area (Å²) in [6, 6.07) is 15.6. The molecule has 2 aromatic carbocycles. The SMILES string of the molecule is Cc1ccsc1CNn1c(=O)c(C2=NS(O)(O)c3ccccc3N2)c(O)c2ccccc21. The number of fused-ring (bicyclic) bond motifs is 2. The quantitative estimate of drug-likeness (QED) is 0.296. The molecule has 3 heterocycles. The first-order valence-electron chi connectivity index (χ1n) is 9.75. The van der Waals surface area contributed by atoms with E-state index in [1.807, 2.05) is 18.4 Å². The highest BCUT2D eigenvalue weighted by atomic mass is 32.3. The minimum atomic E-state index is -3.54. The largest absolute Gasteiger partial charge is 0.506 e. The van der Waals surface area contributed by atoms with Crippen LogP contribution in [0.25, 0.3) is 10.9 Å². The van der Waals surface area contributed by atoms with E-state index in [-0.39, 0.29) is 22.0 Å². The molecule has 10 heteroatoms. The molecular formula is C22H20N4O4S2. The number of aromatic hydroxyl groups is 1. The highest BCUT2D eigenvalue weighted by Gasteiger charge is 2.30. The van der Waals surface area contributed by atoms with Crippen LogP contribution in [0.4, 0.5) is 5.69 Å². The Labute approximate surface area is 189 Å². The van der Waals surface area contributed by atoms with Gasteiger partial charge in [0.25, 0.3) is 5.56 Å². The molecule has 8 nitrogen and oxygen atoms in total. The second-order valence-electron chi connectivity index (χ2n) is 7.32. The maximum atomic E-state index is 13.5. The van der Waals surface area contributed by atoms with Crippen LogP contribution in [0.5, 0.6) is 5.75 Å². The molecule has 0 bridgehead atoms. The van der Waals surface area contributed by atoms with Gasteiger partial charge in [0.05, 0.1) is 17.7 Å². The van der Waals surface area contributed by atoms with E-state index in [4.69, 9.17) is 0 Å². The molecule has 4 aromatic rings. The van der Waals surface area contributed by atoms with Crippen molar-refractivity contribution in [2.24, 2.45) is 4.40 Å². The average Bonchev–Trinajstić information content (AvgIpc) is 3.18. The summed E-state index contributed by atoms with van der Waals surface area (Å²) in [6.45, 7) is 2.41. The predicted octanol–water partition coefficient (Wildman–Crippen LogP) is 4.72. The third-order valence-electron chi connectivity index (χ3n) is 5.31. The summed E-state index contributed by atoms with van der Waals surface area (Å²) >= 11 is 1.58. The second kappa shape index (κ2) is 7.68. The van der Waals surface area contributed by atoms with Crippen molar-refractivity contribution in [1.82, 2.24) is 4.68 Å². The molecule has 0 spiro atoms. The zero-order valence-corrected chi connectivity index (χ0v) is 18.6. The van der Waals surface area contributed by atoms with Gasteiger partial charge in [0.1, 0.15) is 16.2 Å². The fourth-order valence-corrected chi connectivity index (χ4v) is 5.68. The first-order valence-corrected chi connectivity index (χ1v) is 12.1. The molecule has 0 atom stereocenters. The number of thiophene rings is 1. The van der Waals surface area contributed by atoms with Crippen LogP contribution in [-0.4, -0.2) is 24.7 Å². The zero-order valence-electron chi connectivity index (χ0n) is 16.9. The van der Waals surface area contributed by atoms with Crippen molar-refractivity contribution >= 4 is 44.5 Å². The third-order valence-corrected chi connectivity index (χ3v) is 7.72. The van der Waals surface area contributed by atoms with E-state index in [1.54, 1.807) is 59.9 Å². The maximum absolute atomic E-state index is 13.5. The molecule has 0 saturated carbocycles. The standard InChI is InChI=1S/C22H20N4O4S2/c1-13-10-11-31-17(13)12-23-26-16-8-4-2-6-14(16)20(27)19(22(26)28)21-24-15-7-3-5-9-18(15)32(29,30)25-21/h2-11,23,27,29-30H,12H2,1H3,(H,24,25). The number of hydrogen-bond donors (Lipinski definition) is 5. The highest BCUT2D eigenvalue weighted by molar-refractivity contribution is 8.23. The van der Waals surface area contributed by atoms with Crippen molar-refractivity contribution in [1.29, 1.82) is 0 Å². The Bertz CT molecular complexity index is 1440. The Kier molecular flexibility index (Phi) is 4.94. The summed E-state index contributed by atoms with van der Waals surface area (Å²) in [5, 5.41) is 16.4. The number of aromatic nitrogens is 1. The van der Waals surface area contributed by atoms with E-state index in [0.29, 0.717) is 23.1 Å². The van der Waals surface area contributed by atoms with Crippen LogP contribution >= 0.6 is 22.1 Å². The fraction of sp³-hybridized carbons (Fsp3) is 0.0909. The molecule has 0 radical (unpaired) electrons. The van der Waals surface area contributed by atoms with E-state index in [9.17, 15) is 19.0 Å². The van der Waals surface area contributed by atoms with Gasteiger partial charge in [-0.2, -0.15) is 0 Å². The highest BCUT2D eigenvalue weighted by Crippen LogP contribution is 2.55. The van der Waals surface area contributed by atoms with Gasteiger partial charge in [-0.15, -0.1) is 15.7 Å². The molecule has 0 unspecified atom stereocenters. The van der Waals surface area contributed by atoms with Gasteiger partial charge in [0.2, 0.25) is 0 Å². The Balaban J connectivity index is 1.68. The Morgan fingerprint density at radius 2 is 1.88 bits per heavy atom. The van der Waals surface area contributed by atoms with Gasteiger partial charge < -0.3 is 15.8 Å². The molecule has 0 amide bonds. The van der Waals surface area contributed by atoms with Crippen LogP contribution in [0.15, 0.2) is 74.1 Å². The first kappa shape index (κ1) is 20.6. The summed E-state index contributed by atoms with van der Waals surface area (Å²) in [7, 11) is -3.54. The van der Waals surface area contributed by atoms with Crippen LogP contribution in [0.1, 0.15) is 16.0 Å². The van der Waals surface area contributed by atoms with Crippen LogP contribution < -0.4 is 16.3 Å². The lowest BCUT2D eigenvalue weighted by Crippen LogP contribution is -2.36. The van der Waals surface area contributed by atoms with Gasteiger partial charge in [0.15, 0.2) is 5.84 Å². The van der Waals surface area contributed by atoms with Gasteiger partial charge in [0, 0.05) is 10.3 Å². The monoisotopic (exact) mass is 468 g/mol. The number of nitrogens with one attached hydrogen (secondary N) is 2. The van der Waals surface area contributed by atoms with Crippen LogP contribution in [-0.2, 0) is 6.54 Å². The van der Waals surface area contributed by atoms with E-state index in [2.05, 4.69) is 15.1 Å². The minimum Gasteiger partial charge on any atom is -0.506 e. The molecule has 2 aromatic heterocycles. The van der Waals surface area contributed by atoms with E-state index in [1.165, 1.54) is 4.68 Å². The summed E-state index contributed by atoms with van der Waals surface area (Å²) in [6.07, 6.45) is 0.